The van der Waals surface area contributed by atoms with Crippen LogP contribution in [0.25, 0.3) is 0 Å². The van der Waals surface area contributed by atoms with Gasteiger partial charge in [-0.2, -0.15) is 0 Å². The van der Waals surface area contributed by atoms with Gasteiger partial charge in [-0.15, -0.1) is 0 Å². The van der Waals surface area contributed by atoms with Crippen LogP contribution in [0.1, 0.15) is 12.8 Å². The summed E-state index contributed by atoms with van der Waals surface area (Å²) >= 11 is 0. The van der Waals surface area contributed by atoms with Gasteiger partial charge in [0.2, 0.25) is 0 Å². The zero-order valence-corrected chi connectivity index (χ0v) is 9.02. The summed E-state index contributed by atoms with van der Waals surface area (Å²) < 4.78 is 17.4. The van der Waals surface area contributed by atoms with Crippen molar-refractivity contribution in [2.45, 2.75) is 18.9 Å². The first-order chi connectivity index (χ1) is 7.72. The van der Waals surface area contributed by atoms with E-state index in [1.807, 2.05) is 4.90 Å². The van der Waals surface area contributed by atoms with Gasteiger partial charge in [0, 0.05) is 6.54 Å². The van der Waals surface area contributed by atoms with Gasteiger partial charge in [-0.25, -0.2) is 14.2 Å². The molecule has 0 bridgehead atoms. The van der Waals surface area contributed by atoms with E-state index in [2.05, 4.69) is 4.98 Å². The molecule has 0 radical (unpaired) electrons. The van der Waals surface area contributed by atoms with Crippen LogP contribution in [0.3, 0.4) is 0 Å². The standard InChI is InChI=1S/C11H13FN2O2/c1-16-11(15)9-3-2-6-14(9)10-5-4-8(12)7-13-10/h4-5,7,9H,2-3,6H2,1H3. The summed E-state index contributed by atoms with van der Waals surface area (Å²) in [5.74, 6) is -0.0181. The zero-order chi connectivity index (χ0) is 11.5. The maximum atomic E-state index is 12.7. The van der Waals surface area contributed by atoms with E-state index in [-0.39, 0.29) is 17.8 Å². The van der Waals surface area contributed by atoms with Crippen molar-refractivity contribution < 1.29 is 13.9 Å². The van der Waals surface area contributed by atoms with Crippen LogP contribution in [-0.4, -0.2) is 30.6 Å². The SMILES string of the molecule is COC(=O)C1CCCN1c1ccc(F)cn1. The number of methoxy groups -OCH3 is 1. The lowest BCUT2D eigenvalue weighted by Gasteiger charge is -2.23. The van der Waals surface area contributed by atoms with Crippen molar-refractivity contribution in [2.75, 3.05) is 18.6 Å². The third-order valence-electron chi connectivity index (χ3n) is 2.73. The molecule has 0 aliphatic carbocycles. The van der Waals surface area contributed by atoms with Crippen LogP contribution in [0.4, 0.5) is 10.2 Å². The molecule has 1 atom stereocenters. The molecule has 4 nitrogen and oxygen atoms in total. The van der Waals surface area contributed by atoms with Crippen molar-refractivity contribution in [3.8, 4) is 0 Å². The first-order valence-corrected chi connectivity index (χ1v) is 5.18. The highest BCUT2D eigenvalue weighted by Crippen LogP contribution is 2.24. The van der Waals surface area contributed by atoms with Gasteiger partial charge in [-0.1, -0.05) is 0 Å². The number of hydrogen-bond donors (Lipinski definition) is 0. The Bertz CT molecular complexity index is 380. The van der Waals surface area contributed by atoms with E-state index in [1.54, 1.807) is 6.07 Å². The maximum Gasteiger partial charge on any atom is 0.328 e. The number of nitrogens with zero attached hydrogens (tertiary/aromatic N) is 2. The van der Waals surface area contributed by atoms with Crippen LogP contribution in [0.2, 0.25) is 0 Å². The maximum absolute atomic E-state index is 12.7. The fourth-order valence-corrected chi connectivity index (χ4v) is 1.96. The highest BCUT2D eigenvalue weighted by molar-refractivity contribution is 5.80. The molecule has 86 valence electrons. The monoisotopic (exact) mass is 224 g/mol. The van der Waals surface area contributed by atoms with Crippen LogP contribution < -0.4 is 4.90 Å². The molecule has 1 aliphatic heterocycles. The second-order valence-electron chi connectivity index (χ2n) is 3.71. The molecule has 1 aromatic heterocycles. The van der Waals surface area contributed by atoms with Crippen LogP contribution in [-0.2, 0) is 9.53 Å². The first-order valence-electron chi connectivity index (χ1n) is 5.18. The van der Waals surface area contributed by atoms with Crippen molar-refractivity contribution in [3.05, 3.63) is 24.1 Å². The molecule has 0 spiro atoms. The molecule has 0 saturated carbocycles. The number of carbonyl (C=O) groups is 1. The number of esters is 1. The first kappa shape index (κ1) is 10.9. The molecule has 0 aromatic carbocycles. The average Bonchev–Trinajstić information content (AvgIpc) is 2.78. The van der Waals surface area contributed by atoms with Crippen molar-refractivity contribution in [3.63, 3.8) is 0 Å². The van der Waals surface area contributed by atoms with Gasteiger partial charge < -0.3 is 9.64 Å². The number of ether oxygens (including phenoxy) is 1. The third kappa shape index (κ3) is 1.98. The van der Waals surface area contributed by atoms with E-state index in [4.69, 9.17) is 4.74 Å². The lowest BCUT2D eigenvalue weighted by molar-refractivity contribution is -0.141. The molecular weight excluding hydrogens is 211 g/mol. The second-order valence-corrected chi connectivity index (χ2v) is 3.71. The van der Waals surface area contributed by atoms with E-state index >= 15 is 0 Å². The highest BCUT2D eigenvalue weighted by Gasteiger charge is 2.32. The van der Waals surface area contributed by atoms with E-state index in [1.165, 1.54) is 13.2 Å². The summed E-state index contributed by atoms with van der Waals surface area (Å²) in [6, 6.07) is 2.63. The topological polar surface area (TPSA) is 42.4 Å². The Hall–Kier alpha value is -1.65. The summed E-state index contributed by atoms with van der Waals surface area (Å²) in [4.78, 5) is 17.3. The van der Waals surface area contributed by atoms with Gasteiger partial charge in [0.05, 0.1) is 13.3 Å². The van der Waals surface area contributed by atoms with E-state index in [0.29, 0.717) is 5.82 Å². The summed E-state index contributed by atoms with van der Waals surface area (Å²) in [5.41, 5.74) is 0. The highest BCUT2D eigenvalue weighted by atomic mass is 19.1. The molecule has 2 heterocycles. The fraction of sp³-hybridized carbons (Fsp3) is 0.455. The molecule has 5 heteroatoms. The molecule has 0 amide bonds. The molecule has 0 N–H and O–H groups in total. The van der Waals surface area contributed by atoms with Gasteiger partial charge in [-0.3, -0.25) is 0 Å². The third-order valence-corrected chi connectivity index (χ3v) is 2.73. The smallest absolute Gasteiger partial charge is 0.328 e. The molecule has 1 aromatic rings. The van der Waals surface area contributed by atoms with Gasteiger partial charge >= 0.3 is 5.97 Å². The van der Waals surface area contributed by atoms with Gasteiger partial charge in [0.1, 0.15) is 17.7 Å². The average molecular weight is 224 g/mol. The van der Waals surface area contributed by atoms with Crippen molar-refractivity contribution in [2.24, 2.45) is 0 Å². The summed E-state index contributed by atoms with van der Waals surface area (Å²) in [5, 5.41) is 0. The molecule has 1 saturated heterocycles. The number of aromatic nitrogens is 1. The Morgan fingerprint density at radius 3 is 3.06 bits per heavy atom. The molecule has 1 aliphatic rings. The fourth-order valence-electron chi connectivity index (χ4n) is 1.96. The van der Waals surface area contributed by atoms with Crippen molar-refractivity contribution in [1.29, 1.82) is 0 Å². The Morgan fingerprint density at radius 1 is 1.62 bits per heavy atom. The molecule has 2 rings (SSSR count). The normalized spacial score (nSPS) is 19.9. The minimum atomic E-state index is -0.377. The largest absolute Gasteiger partial charge is 0.467 e. The van der Waals surface area contributed by atoms with Crippen molar-refractivity contribution >= 4 is 11.8 Å². The molecule has 16 heavy (non-hydrogen) atoms. The van der Waals surface area contributed by atoms with Gasteiger partial charge in [-0.05, 0) is 25.0 Å². The lowest BCUT2D eigenvalue weighted by Crippen LogP contribution is -2.37. The molecular formula is C11H13FN2O2. The zero-order valence-electron chi connectivity index (χ0n) is 9.02. The Kier molecular flexibility index (Phi) is 3.03. The van der Waals surface area contributed by atoms with Crippen LogP contribution in [0, 0.1) is 5.82 Å². The number of carbonyl (C=O) groups excluding carboxylic acids is 1. The Balaban J connectivity index is 2.19. The quantitative estimate of drug-likeness (QED) is 0.711. The van der Waals surface area contributed by atoms with Crippen molar-refractivity contribution in [1.82, 2.24) is 4.98 Å². The van der Waals surface area contributed by atoms with Gasteiger partial charge in [0.15, 0.2) is 0 Å². The summed E-state index contributed by atoms with van der Waals surface area (Å²) in [6.45, 7) is 0.748. The molecule has 1 unspecified atom stereocenters. The number of anilines is 1. The van der Waals surface area contributed by atoms with Gasteiger partial charge in [0.25, 0.3) is 0 Å². The predicted molar refractivity (Wildman–Crippen MR) is 56.6 cm³/mol. The molecule has 1 fully saturated rings. The van der Waals surface area contributed by atoms with Crippen LogP contribution >= 0.6 is 0 Å². The number of rotatable bonds is 2. The summed E-state index contributed by atoms with van der Waals surface area (Å²) in [7, 11) is 1.37. The second kappa shape index (κ2) is 4.47. The summed E-state index contributed by atoms with van der Waals surface area (Å²) in [6.07, 6.45) is 2.83. The number of hydrogen-bond acceptors (Lipinski definition) is 4. The lowest BCUT2D eigenvalue weighted by atomic mass is 10.2. The number of pyridine rings is 1. The predicted octanol–water partition coefficient (Wildman–Crippen LogP) is 1.36. The van der Waals surface area contributed by atoms with E-state index in [9.17, 15) is 9.18 Å². The Morgan fingerprint density at radius 2 is 2.44 bits per heavy atom. The van der Waals surface area contributed by atoms with E-state index < -0.39 is 0 Å². The Labute approximate surface area is 93.0 Å². The van der Waals surface area contributed by atoms with Crippen LogP contribution in [0.5, 0.6) is 0 Å². The van der Waals surface area contributed by atoms with Crippen LogP contribution in [0.15, 0.2) is 18.3 Å². The number of halogens is 1. The minimum absolute atomic E-state index is 0.261. The minimum Gasteiger partial charge on any atom is -0.467 e. The van der Waals surface area contributed by atoms with E-state index in [0.717, 1.165) is 25.6 Å².